The molecule has 2 amide bonds. The van der Waals surface area contributed by atoms with Crippen LogP contribution in [-0.2, 0) is 14.8 Å². The van der Waals surface area contributed by atoms with Crippen molar-refractivity contribution >= 4 is 33.2 Å². The molecule has 8 heteroatoms. The number of sulfonamides is 1. The van der Waals surface area contributed by atoms with Crippen molar-refractivity contribution in [2.75, 3.05) is 22.3 Å². The second-order valence-corrected chi connectivity index (χ2v) is 8.08. The number of benzene rings is 2. The Labute approximate surface area is 159 Å². The van der Waals surface area contributed by atoms with E-state index in [4.69, 9.17) is 0 Å². The summed E-state index contributed by atoms with van der Waals surface area (Å²) in [5.41, 5.74) is 3.40. The Bertz CT molecular complexity index is 955. The highest BCUT2D eigenvalue weighted by atomic mass is 32.2. The van der Waals surface area contributed by atoms with E-state index in [1.165, 1.54) is 13.0 Å². The van der Waals surface area contributed by atoms with Gasteiger partial charge in [0.15, 0.2) is 0 Å². The molecule has 7 nitrogen and oxygen atoms in total. The summed E-state index contributed by atoms with van der Waals surface area (Å²) in [6.07, 6.45) is 0. The predicted molar refractivity (Wildman–Crippen MR) is 106 cm³/mol. The Hall–Kier alpha value is -2.87. The van der Waals surface area contributed by atoms with Gasteiger partial charge in [-0.15, -0.1) is 0 Å². The Balaban J connectivity index is 1.92. The van der Waals surface area contributed by atoms with Crippen molar-refractivity contribution in [3.63, 3.8) is 0 Å². The maximum atomic E-state index is 12.2. The standard InChI is InChI=1S/C19H23N3O4S/c1-13-7-8-16(11-14(13)2)19(24)20-9-10-27(25,26)22-18-6-4-5-17(12-18)21-15(3)23/h4-8,11-12,22H,9-10H2,1-3H3,(H,20,24)(H,21,23). The molecule has 0 unspecified atom stereocenters. The molecule has 27 heavy (non-hydrogen) atoms. The summed E-state index contributed by atoms with van der Waals surface area (Å²) in [5.74, 6) is -0.835. The number of rotatable bonds is 7. The molecular formula is C19H23N3O4S. The molecule has 0 aliphatic heterocycles. The van der Waals surface area contributed by atoms with E-state index in [-0.39, 0.29) is 24.1 Å². The van der Waals surface area contributed by atoms with Gasteiger partial charge in [0, 0.05) is 24.7 Å². The Morgan fingerprint density at radius 1 is 0.963 bits per heavy atom. The van der Waals surface area contributed by atoms with Gasteiger partial charge in [0.25, 0.3) is 5.91 Å². The van der Waals surface area contributed by atoms with Crippen molar-refractivity contribution in [2.45, 2.75) is 20.8 Å². The van der Waals surface area contributed by atoms with E-state index < -0.39 is 10.0 Å². The van der Waals surface area contributed by atoms with Crippen LogP contribution >= 0.6 is 0 Å². The summed E-state index contributed by atoms with van der Waals surface area (Å²) in [5, 5.41) is 5.19. The second-order valence-electron chi connectivity index (χ2n) is 6.24. The van der Waals surface area contributed by atoms with E-state index in [1.54, 1.807) is 30.3 Å². The van der Waals surface area contributed by atoms with E-state index in [9.17, 15) is 18.0 Å². The molecule has 0 spiro atoms. The minimum atomic E-state index is -3.65. The molecule has 0 saturated heterocycles. The number of aryl methyl sites for hydroxylation is 2. The van der Waals surface area contributed by atoms with Crippen molar-refractivity contribution in [2.24, 2.45) is 0 Å². The first kappa shape index (κ1) is 20.4. The topological polar surface area (TPSA) is 104 Å². The van der Waals surface area contributed by atoms with E-state index in [1.807, 2.05) is 19.9 Å². The summed E-state index contributed by atoms with van der Waals surface area (Å²) in [4.78, 5) is 23.2. The van der Waals surface area contributed by atoms with Crippen molar-refractivity contribution in [3.8, 4) is 0 Å². The van der Waals surface area contributed by atoms with Crippen LogP contribution in [0.15, 0.2) is 42.5 Å². The fourth-order valence-electron chi connectivity index (χ4n) is 2.38. The molecule has 0 bridgehead atoms. The number of anilines is 2. The summed E-state index contributed by atoms with van der Waals surface area (Å²) < 4.78 is 26.8. The van der Waals surface area contributed by atoms with E-state index in [0.29, 0.717) is 16.9 Å². The first-order valence-corrected chi connectivity index (χ1v) is 10.0. The molecule has 0 aliphatic rings. The van der Waals surface area contributed by atoms with E-state index in [2.05, 4.69) is 15.4 Å². The zero-order valence-electron chi connectivity index (χ0n) is 15.5. The van der Waals surface area contributed by atoms with Crippen LogP contribution in [0.1, 0.15) is 28.4 Å². The Morgan fingerprint density at radius 2 is 1.67 bits per heavy atom. The molecule has 0 aliphatic carbocycles. The SMILES string of the molecule is CC(=O)Nc1cccc(NS(=O)(=O)CCNC(=O)c2ccc(C)c(C)c2)c1. The summed E-state index contributed by atoms with van der Waals surface area (Å²) in [6.45, 7) is 5.22. The van der Waals surface area contributed by atoms with Crippen LogP contribution in [0.5, 0.6) is 0 Å². The average Bonchev–Trinajstić information content (AvgIpc) is 2.56. The normalized spacial score (nSPS) is 10.9. The largest absolute Gasteiger partial charge is 0.351 e. The molecule has 0 heterocycles. The quantitative estimate of drug-likeness (QED) is 0.676. The van der Waals surface area contributed by atoms with Gasteiger partial charge in [-0.05, 0) is 55.3 Å². The number of amides is 2. The van der Waals surface area contributed by atoms with Gasteiger partial charge in [0.2, 0.25) is 15.9 Å². The first-order valence-electron chi connectivity index (χ1n) is 8.40. The highest BCUT2D eigenvalue weighted by molar-refractivity contribution is 7.92. The van der Waals surface area contributed by atoms with Gasteiger partial charge in [-0.1, -0.05) is 12.1 Å². The average molecular weight is 389 g/mol. The lowest BCUT2D eigenvalue weighted by Crippen LogP contribution is -2.31. The van der Waals surface area contributed by atoms with Crippen LogP contribution in [0.4, 0.5) is 11.4 Å². The first-order chi connectivity index (χ1) is 12.7. The molecule has 2 rings (SSSR count). The third kappa shape index (κ3) is 6.41. The second kappa shape index (κ2) is 8.68. The van der Waals surface area contributed by atoms with Gasteiger partial charge >= 0.3 is 0 Å². The fraction of sp³-hybridized carbons (Fsp3) is 0.263. The summed E-state index contributed by atoms with van der Waals surface area (Å²) in [7, 11) is -3.65. The molecule has 0 aromatic heterocycles. The molecule has 0 saturated carbocycles. The van der Waals surface area contributed by atoms with Crippen LogP contribution in [0.2, 0.25) is 0 Å². The number of carbonyl (C=O) groups is 2. The molecular weight excluding hydrogens is 366 g/mol. The van der Waals surface area contributed by atoms with Crippen LogP contribution in [0, 0.1) is 13.8 Å². The lowest BCUT2D eigenvalue weighted by atomic mass is 10.1. The lowest BCUT2D eigenvalue weighted by Gasteiger charge is -2.11. The smallest absolute Gasteiger partial charge is 0.251 e. The van der Waals surface area contributed by atoms with Gasteiger partial charge in [-0.3, -0.25) is 14.3 Å². The van der Waals surface area contributed by atoms with Crippen LogP contribution < -0.4 is 15.4 Å². The molecule has 2 aromatic rings. The van der Waals surface area contributed by atoms with Gasteiger partial charge < -0.3 is 10.6 Å². The van der Waals surface area contributed by atoms with Crippen LogP contribution in [0.25, 0.3) is 0 Å². The predicted octanol–water partition coefficient (Wildman–Crippen LogP) is 2.43. The molecule has 144 valence electrons. The number of hydrogen-bond donors (Lipinski definition) is 3. The van der Waals surface area contributed by atoms with Gasteiger partial charge in [-0.25, -0.2) is 8.42 Å². The fourth-order valence-corrected chi connectivity index (χ4v) is 3.34. The molecule has 0 fully saturated rings. The zero-order valence-corrected chi connectivity index (χ0v) is 16.3. The maximum Gasteiger partial charge on any atom is 0.251 e. The van der Waals surface area contributed by atoms with Crippen molar-refractivity contribution in [1.82, 2.24) is 5.32 Å². The molecule has 0 radical (unpaired) electrons. The summed E-state index contributed by atoms with van der Waals surface area (Å²) in [6, 6.07) is 11.7. The van der Waals surface area contributed by atoms with Gasteiger partial charge in [0.1, 0.15) is 0 Å². The minimum Gasteiger partial charge on any atom is -0.351 e. The van der Waals surface area contributed by atoms with Gasteiger partial charge in [0.05, 0.1) is 11.4 Å². The molecule has 0 atom stereocenters. The molecule has 3 N–H and O–H groups in total. The molecule has 2 aromatic carbocycles. The number of hydrogen-bond acceptors (Lipinski definition) is 4. The Morgan fingerprint density at radius 3 is 2.33 bits per heavy atom. The van der Waals surface area contributed by atoms with E-state index in [0.717, 1.165) is 11.1 Å². The van der Waals surface area contributed by atoms with E-state index >= 15 is 0 Å². The zero-order chi connectivity index (χ0) is 20.0. The van der Waals surface area contributed by atoms with Crippen molar-refractivity contribution < 1.29 is 18.0 Å². The maximum absolute atomic E-state index is 12.2. The highest BCUT2D eigenvalue weighted by Crippen LogP contribution is 2.16. The van der Waals surface area contributed by atoms with Gasteiger partial charge in [-0.2, -0.15) is 0 Å². The van der Waals surface area contributed by atoms with Crippen molar-refractivity contribution in [3.05, 3.63) is 59.2 Å². The van der Waals surface area contributed by atoms with Crippen LogP contribution in [0.3, 0.4) is 0 Å². The minimum absolute atomic E-state index is 0.0214. The lowest BCUT2D eigenvalue weighted by molar-refractivity contribution is -0.114. The number of nitrogens with one attached hydrogen (secondary N) is 3. The third-order valence-corrected chi connectivity index (χ3v) is 5.17. The number of carbonyl (C=O) groups excluding carboxylic acids is 2. The monoisotopic (exact) mass is 389 g/mol. The summed E-state index contributed by atoms with van der Waals surface area (Å²) >= 11 is 0. The van der Waals surface area contributed by atoms with Crippen molar-refractivity contribution in [1.29, 1.82) is 0 Å². The third-order valence-electron chi connectivity index (χ3n) is 3.88. The van der Waals surface area contributed by atoms with Crippen LogP contribution in [-0.4, -0.2) is 32.5 Å². The Kier molecular flexibility index (Phi) is 6.57. The highest BCUT2D eigenvalue weighted by Gasteiger charge is 2.13.